The van der Waals surface area contributed by atoms with Crippen LogP contribution < -0.4 is 9.47 Å². The maximum absolute atomic E-state index is 12.3. The Morgan fingerprint density at radius 3 is 1.69 bits per heavy atom. The molecule has 0 fully saturated rings. The summed E-state index contributed by atoms with van der Waals surface area (Å²) < 4.78 is 11.1. The van der Waals surface area contributed by atoms with Crippen molar-refractivity contribution in [2.45, 2.75) is 96.8 Å². The lowest BCUT2D eigenvalue weighted by molar-refractivity contribution is 0.0697. The van der Waals surface area contributed by atoms with Crippen LogP contribution in [0.4, 0.5) is 0 Å². The molecule has 0 bridgehead atoms. The number of carboxylic acids is 1. The molecule has 0 aliphatic carbocycles. The molecule has 5 nitrogen and oxygen atoms in total. The molecule has 0 aromatic heterocycles. The van der Waals surface area contributed by atoms with Crippen molar-refractivity contribution in [3.63, 3.8) is 0 Å². The number of ether oxygens (including phenoxy) is 2. The first-order valence-corrected chi connectivity index (χ1v) is 13.4. The Hall–Kier alpha value is -2.82. The highest BCUT2D eigenvalue weighted by molar-refractivity contribution is 5.95. The zero-order valence-corrected chi connectivity index (χ0v) is 21.3. The number of hydrogen-bond acceptors (Lipinski definition) is 4. The van der Waals surface area contributed by atoms with Crippen molar-refractivity contribution in [2.24, 2.45) is 0 Å². The Morgan fingerprint density at radius 1 is 0.657 bits per heavy atom. The fourth-order valence-corrected chi connectivity index (χ4v) is 4.04. The van der Waals surface area contributed by atoms with Crippen LogP contribution in [0.3, 0.4) is 0 Å². The molecule has 0 unspecified atom stereocenters. The average Bonchev–Trinajstić information content (AvgIpc) is 2.87. The number of rotatable bonds is 19. The molecule has 0 spiro atoms. The number of carboxylic acid groups (broad SMARTS) is 1. The molecule has 2 aromatic carbocycles. The minimum Gasteiger partial charge on any atom is -0.494 e. The third-order valence-corrected chi connectivity index (χ3v) is 6.15. The van der Waals surface area contributed by atoms with Crippen molar-refractivity contribution in [1.29, 1.82) is 0 Å². The zero-order valence-electron chi connectivity index (χ0n) is 21.3. The zero-order chi connectivity index (χ0) is 25.1. The Morgan fingerprint density at radius 2 is 1.14 bits per heavy atom. The van der Waals surface area contributed by atoms with Gasteiger partial charge in [-0.05, 0) is 48.9 Å². The van der Waals surface area contributed by atoms with Crippen molar-refractivity contribution < 1.29 is 24.2 Å². The van der Waals surface area contributed by atoms with E-state index in [2.05, 4.69) is 6.92 Å². The highest BCUT2D eigenvalue weighted by atomic mass is 16.5. The summed E-state index contributed by atoms with van der Waals surface area (Å²) >= 11 is 0. The smallest absolute Gasteiger partial charge is 0.343 e. The SMILES string of the molecule is CCCCCCCCCCCCCCCCOc1ccc(OC(=O)c2cccc(C(=O)O)c2)cc1. The highest BCUT2D eigenvalue weighted by Gasteiger charge is 2.12. The van der Waals surface area contributed by atoms with Crippen molar-refractivity contribution in [3.8, 4) is 11.5 Å². The molecule has 0 saturated heterocycles. The van der Waals surface area contributed by atoms with Gasteiger partial charge in [0.2, 0.25) is 0 Å². The van der Waals surface area contributed by atoms with Gasteiger partial charge in [0.25, 0.3) is 0 Å². The highest BCUT2D eigenvalue weighted by Crippen LogP contribution is 2.20. The van der Waals surface area contributed by atoms with Crippen LogP contribution in [-0.4, -0.2) is 23.7 Å². The van der Waals surface area contributed by atoms with E-state index in [0.29, 0.717) is 12.4 Å². The van der Waals surface area contributed by atoms with E-state index in [1.54, 1.807) is 24.3 Å². The number of hydrogen-bond donors (Lipinski definition) is 1. The normalized spacial score (nSPS) is 10.8. The van der Waals surface area contributed by atoms with Crippen LogP contribution in [0.25, 0.3) is 0 Å². The van der Waals surface area contributed by atoms with Crippen molar-refractivity contribution in [2.75, 3.05) is 6.61 Å². The molecule has 35 heavy (non-hydrogen) atoms. The molecule has 2 aromatic rings. The minimum absolute atomic E-state index is 0.0479. The predicted octanol–water partition coefficient (Wildman–Crippen LogP) is 8.46. The lowest BCUT2D eigenvalue weighted by atomic mass is 10.0. The van der Waals surface area contributed by atoms with Crippen LogP contribution in [0.1, 0.15) is 118 Å². The molecular formula is C30H42O5. The molecule has 0 aliphatic rings. The molecule has 0 radical (unpaired) electrons. The van der Waals surface area contributed by atoms with E-state index in [0.717, 1.165) is 12.2 Å². The summed E-state index contributed by atoms with van der Waals surface area (Å²) in [7, 11) is 0. The first-order valence-electron chi connectivity index (χ1n) is 13.4. The number of carbonyl (C=O) groups excluding carboxylic acids is 1. The molecule has 2 rings (SSSR count). The number of esters is 1. The van der Waals surface area contributed by atoms with E-state index >= 15 is 0 Å². The first-order chi connectivity index (χ1) is 17.1. The largest absolute Gasteiger partial charge is 0.494 e. The third kappa shape index (κ3) is 12.4. The molecular weight excluding hydrogens is 440 g/mol. The summed E-state index contributed by atoms with van der Waals surface area (Å²) in [4.78, 5) is 23.3. The lowest BCUT2D eigenvalue weighted by Crippen LogP contribution is -2.09. The van der Waals surface area contributed by atoms with Crippen LogP contribution in [0.5, 0.6) is 11.5 Å². The Labute approximate surface area is 210 Å². The van der Waals surface area contributed by atoms with Gasteiger partial charge in [0.05, 0.1) is 17.7 Å². The fourth-order valence-electron chi connectivity index (χ4n) is 4.04. The third-order valence-electron chi connectivity index (χ3n) is 6.15. The van der Waals surface area contributed by atoms with Gasteiger partial charge in [0.1, 0.15) is 11.5 Å². The molecule has 0 heterocycles. The average molecular weight is 483 g/mol. The van der Waals surface area contributed by atoms with E-state index < -0.39 is 11.9 Å². The molecule has 192 valence electrons. The fraction of sp³-hybridized carbons (Fsp3) is 0.533. The number of carbonyl (C=O) groups is 2. The van der Waals surface area contributed by atoms with E-state index in [1.807, 2.05) is 0 Å². The molecule has 5 heteroatoms. The van der Waals surface area contributed by atoms with Crippen molar-refractivity contribution in [1.82, 2.24) is 0 Å². The minimum atomic E-state index is -1.08. The van der Waals surface area contributed by atoms with Gasteiger partial charge in [-0.15, -0.1) is 0 Å². The summed E-state index contributed by atoms with van der Waals surface area (Å²) in [6.45, 7) is 2.95. The van der Waals surface area contributed by atoms with Crippen molar-refractivity contribution in [3.05, 3.63) is 59.7 Å². The monoisotopic (exact) mass is 482 g/mol. The van der Waals surface area contributed by atoms with Gasteiger partial charge >= 0.3 is 11.9 Å². The molecule has 0 amide bonds. The van der Waals surface area contributed by atoms with E-state index in [9.17, 15) is 9.59 Å². The van der Waals surface area contributed by atoms with Gasteiger partial charge < -0.3 is 14.6 Å². The Balaban J connectivity index is 1.50. The standard InChI is InChI=1S/C30H42O5/c1-2-3-4-5-6-7-8-9-10-11-12-13-14-15-23-34-27-19-21-28(22-20-27)35-30(33)26-18-16-17-25(24-26)29(31)32/h16-22,24H,2-15,23H2,1H3,(H,31,32). The second kappa shape index (κ2) is 17.6. The molecule has 0 aliphatic heterocycles. The number of benzene rings is 2. The summed E-state index contributed by atoms with van der Waals surface area (Å²) in [5.74, 6) is -0.545. The Kier molecular flexibility index (Phi) is 14.3. The second-order valence-electron chi connectivity index (χ2n) is 9.19. The van der Waals surface area contributed by atoms with Gasteiger partial charge in [0.15, 0.2) is 0 Å². The Bertz CT molecular complexity index is 859. The van der Waals surface area contributed by atoms with Crippen LogP contribution in [0.15, 0.2) is 48.5 Å². The predicted molar refractivity (Wildman–Crippen MR) is 141 cm³/mol. The van der Waals surface area contributed by atoms with Crippen LogP contribution in [-0.2, 0) is 0 Å². The maximum atomic E-state index is 12.3. The van der Waals surface area contributed by atoms with E-state index in [4.69, 9.17) is 14.6 Å². The van der Waals surface area contributed by atoms with Crippen LogP contribution in [0, 0.1) is 0 Å². The quantitative estimate of drug-likeness (QED) is 0.123. The first kappa shape index (κ1) is 28.4. The summed E-state index contributed by atoms with van der Waals surface area (Å²) in [6, 6.07) is 12.7. The maximum Gasteiger partial charge on any atom is 0.343 e. The van der Waals surface area contributed by atoms with Gasteiger partial charge in [-0.1, -0.05) is 96.5 Å². The summed E-state index contributed by atoms with van der Waals surface area (Å²) in [5, 5.41) is 9.05. The summed E-state index contributed by atoms with van der Waals surface area (Å²) in [5.41, 5.74) is 0.245. The van der Waals surface area contributed by atoms with Gasteiger partial charge in [0, 0.05) is 0 Å². The van der Waals surface area contributed by atoms with Gasteiger partial charge in [-0.25, -0.2) is 9.59 Å². The van der Waals surface area contributed by atoms with Crippen LogP contribution in [0.2, 0.25) is 0 Å². The lowest BCUT2D eigenvalue weighted by Gasteiger charge is -2.08. The van der Waals surface area contributed by atoms with Gasteiger partial charge in [-0.3, -0.25) is 0 Å². The second-order valence-corrected chi connectivity index (χ2v) is 9.19. The van der Waals surface area contributed by atoms with Crippen LogP contribution >= 0.6 is 0 Å². The molecule has 1 N–H and O–H groups in total. The topological polar surface area (TPSA) is 72.8 Å². The van der Waals surface area contributed by atoms with E-state index in [1.165, 1.54) is 108 Å². The van der Waals surface area contributed by atoms with Crippen molar-refractivity contribution >= 4 is 11.9 Å². The van der Waals surface area contributed by atoms with E-state index in [-0.39, 0.29) is 11.1 Å². The summed E-state index contributed by atoms with van der Waals surface area (Å²) in [6.07, 6.45) is 18.7. The number of aromatic carboxylic acids is 1. The van der Waals surface area contributed by atoms with Gasteiger partial charge in [-0.2, -0.15) is 0 Å². The number of unbranched alkanes of at least 4 members (excludes halogenated alkanes) is 13. The molecule has 0 atom stereocenters. The molecule has 0 saturated carbocycles.